The molecule has 148 valence electrons. The van der Waals surface area contributed by atoms with Gasteiger partial charge in [-0.15, -0.1) is 0 Å². The first kappa shape index (κ1) is 19.6. The Kier molecular flexibility index (Phi) is 6.68. The molecule has 0 bridgehead atoms. The lowest BCUT2D eigenvalue weighted by molar-refractivity contribution is 0.0724. The monoisotopic (exact) mass is 373 g/mol. The third-order valence-corrected chi connectivity index (χ3v) is 5.62. The number of rotatable bonds is 5. The molecule has 2 heterocycles. The fourth-order valence-electron chi connectivity index (χ4n) is 3.91. The maximum Gasteiger partial charge on any atom is 0.319 e. The van der Waals surface area contributed by atoms with Crippen LogP contribution in [0.1, 0.15) is 49.9 Å². The van der Waals surface area contributed by atoms with Crippen LogP contribution in [0.2, 0.25) is 0 Å². The van der Waals surface area contributed by atoms with E-state index in [4.69, 9.17) is 0 Å². The Morgan fingerprint density at radius 2 is 1.67 bits per heavy atom. The Morgan fingerprint density at radius 1 is 1.04 bits per heavy atom. The molecule has 0 saturated carbocycles. The van der Waals surface area contributed by atoms with Gasteiger partial charge in [-0.25, -0.2) is 4.79 Å². The minimum Gasteiger partial charge on any atom is -0.339 e. The van der Waals surface area contributed by atoms with E-state index in [0.29, 0.717) is 35.8 Å². The second kappa shape index (κ2) is 9.19. The van der Waals surface area contributed by atoms with Crippen molar-refractivity contribution in [2.24, 2.45) is 5.92 Å². The van der Waals surface area contributed by atoms with Crippen LogP contribution in [0, 0.1) is 5.92 Å². The molecule has 2 aliphatic heterocycles. The highest BCUT2D eigenvalue weighted by Crippen LogP contribution is 2.18. The molecule has 2 aliphatic rings. The molecule has 2 atom stereocenters. The first-order chi connectivity index (χ1) is 13.0. The van der Waals surface area contributed by atoms with Crippen molar-refractivity contribution in [3.8, 4) is 0 Å². The lowest BCUT2D eigenvalue weighted by Gasteiger charge is -2.26. The van der Waals surface area contributed by atoms with Crippen LogP contribution in [0.5, 0.6) is 0 Å². The molecular weight excluding hydrogens is 342 g/mol. The van der Waals surface area contributed by atoms with E-state index in [0.717, 1.165) is 32.4 Å². The molecule has 4 N–H and O–H groups in total. The molecule has 27 heavy (non-hydrogen) atoms. The molecule has 7 nitrogen and oxygen atoms in total. The summed E-state index contributed by atoms with van der Waals surface area (Å²) in [4.78, 5) is 26.5. The highest BCUT2D eigenvalue weighted by Gasteiger charge is 2.29. The van der Waals surface area contributed by atoms with Crippen LogP contribution in [0.25, 0.3) is 0 Å². The summed E-state index contributed by atoms with van der Waals surface area (Å²) in [6, 6.07) is 7.71. The average Bonchev–Trinajstić information content (AvgIpc) is 3.01. The molecule has 0 spiro atoms. The van der Waals surface area contributed by atoms with Crippen molar-refractivity contribution >= 4 is 17.6 Å². The number of carbonyl (C=O) groups is 2. The zero-order valence-corrected chi connectivity index (χ0v) is 16.3. The van der Waals surface area contributed by atoms with Crippen LogP contribution in [0.15, 0.2) is 24.3 Å². The summed E-state index contributed by atoms with van der Waals surface area (Å²) < 4.78 is 0. The predicted molar refractivity (Wildman–Crippen MR) is 107 cm³/mol. The number of hydrogen-bond donors (Lipinski definition) is 4. The van der Waals surface area contributed by atoms with Crippen LogP contribution in [0.4, 0.5) is 10.5 Å². The largest absolute Gasteiger partial charge is 0.339 e. The summed E-state index contributed by atoms with van der Waals surface area (Å²) in [6.07, 6.45) is 4.28. The van der Waals surface area contributed by atoms with E-state index in [1.807, 2.05) is 4.90 Å². The van der Waals surface area contributed by atoms with Crippen LogP contribution < -0.4 is 21.5 Å². The van der Waals surface area contributed by atoms with Crippen molar-refractivity contribution in [1.29, 1.82) is 0 Å². The van der Waals surface area contributed by atoms with Gasteiger partial charge in [0.25, 0.3) is 5.91 Å². The number of amides is 3. The number of hydrazine groups is 1. The molecule has 1 aromatic rings. The first-order valence-corrected chi connectivity index (χ1v) is 10.00. The topological polar surface area (TPSA) is 85.5 Å². The summed E-state index contributed by atoms with van der Waals surface area (Å²) >= 11 is 0. The van der Waals surface area contributed by atoms with Crippen molar-refractivity contribution in [1.82, 2.24) is 21.1 Å². The Morgan fingerprint density at radius 3 is 2.30 bits per heavy atom. The van der Waals surface area contributed by atoms with Crippen molar-refractivity contribution in [3.05, 3.63) is 29.8 Å². The maximum atomic E-state index is 12.5. The second-order valence-corrected chi connectivity index (χ2v) is 7.63. The molecular formula is C20H31N5O2. The summed E-state index contributed by atoms with van der Waals surface area (Å²) in [6.45, 7) is 6.59. The SMILES string of the molecule is CC1NNC(C)C1CCNC(=O)Nc1ccc(C(=O)N2CCCCC2)cc1. The minimum absolute atomic E-state index is 0.0766. The molecule has 3 amide bonds. The van der Waals surface area contributed by atoms with Gasteiger partial charge >= 0.3 is 6.03 Å². The normalized spacial score (nSPS) is 25.3. The standard InChI is InChI=1S/C20H31N5O2/c1-14-18(15(2)24-23-14)10-11-21-20(27)22-17-8-6-16(7-9-17)19(26)25-12-4-3-5-13-25/h6-9,14-15,18,23-24H,3-5,10-13H2,1-2H3,(H2,21,22,27). The van der Waals surface area contributed by atoms with Crippen LogP contribution >= 0.6 is 0 Å². The number of anilines is 1. The van der Waals surface area contributed by atoms with E-state index < -0.39 is 0 Å². The zero-order valence-electron chi connectivity index (χ0n) is 16.3. The van der Waals surface area contributed by atoms with Crippen LogP contribution in [0.3, 0.4) is 0 Å². The third-order valence-electron chi connectivity index (χ3n) is 5.62. The van der Waals surface area contributed by atoms with Gasteiger partial charge in [-0.2, -0.15) is 0 Å². The Bertz CT molecular complexity index is 632. The Hall–Kier alpha value is -2.12. The highest BCUT2D eigenvalue weighted by atomic mass is 16.2. The molecule has 1 aromatic carbocycles. The Labute approximate surface area is 161 Å². The van der Waals surface area contributed by atoms with Gasteiger partial charge in [-0.1, -0.05) is 0 Å². The van der Waals surface area contributed by atoms with Gasteiger partial charge in [0.2, 0.25) is 0 Å². The summed E-state index contributed by atoms with van der Waals surface area (Å²) in [5.74, 6) is 0.568. The van der Waals surface area contributed by atoms with E-state index in [9.17, 15) is 9.59 Å². The molecule has 7 heteroatoms. The number of nitrogens with one attached hydrogen (secondary N) is 4. The zero-order chi connectivity index (χ0) is 19.2. The molecule has 2 fully saturated rings. The number of carbonyl (C=O) groups excluding carboxylic acids is 2. The summed E-state index contributed by atoms with van der Waals surface area (Å²) in [7, 11) is 0. The van der Waals surface area contributed by atoms with E-state index >= 15 is 0 Å². The number of piperidine rings is 1. The van der Waals surface area contributed by atoms with E-state index in [-0.39, 0.29) is 11.9 Å². The third kappa shape index (κ3) is 5.20. The molecule has 3 rings (SSSR count). The van der Waals surface area contributed by atoms with Gasteiger partial charge in [0.15, 0.2) is 0 Å². The quantitative estimate of drug-likeness (QED) is 0.638. The van der Waals surface area contributed by atoms with Gasteiger partial charge in [-0.05, 0) is 69.7 Å². The fraction of sp³-hybridized carbons (Fsp3) is 0.600. The first-order valence-electron chi connectivity index (χ1n) is 10.00. The van der Waals surface area contributed by atoms with Gasteiger partial charge in [0.1, 0.15) is 0 Å². The fourth-order valence-corrected chi connectivity index (χ4v) is 3.91. The molecule has 2 saturated heterocycles. The van der Waals surface area contributed by atoms with Gasteiger partial charge in [0.05, 0.1) is 0 Å². The summed E-state index contributed by atoms with van der Waals surface area (Å²) in [5.41, 5.74) is 7.81. The van der Waals surface area contributed by atoms with Gasteiger partial charge < -0.3 is 15.5 Å². The van der Waals surface area contributed by atoms with E-state index in [2.05, 4.69) is 35.3 Å². The number of nitrogens with zero attached hydrogens (tertiary/aromatic N) is 1. The predicted octanol–water partition coefficient (Wildman–Crippen LogP) is 2.33. The van der Waals surface area contributed by atoms with Crippen molar-refractivity contribution < 1.29 is 9.59 Å². The molecule has 0 aromatic heterocycles. The van der Waals surface area contributed by atoms with Crippen molar-refractivity contribution in [2.45, 2.75) is 51.6 Å². The molecule has 2 unspecified atom stereocenters. The van der Waals surface area contributed by atoms with Gasteiger partial charge in [0, 0.05) is 43.0 Å². The summed E-state index contributed by atoms with van der Waals surface area (Å²) in [5, 5.41) is 5.74. The highest BCUT2D eigenvalue weighted by molar-refractivity contribution is 5.95. The lowest BCUT2D eigenvalue weighted by atomic mass is 9.93. The average molecular weight is 374 g/mol. The Balaban J connectivity index is 1.43. The smallest absolute Gasteiger partial charge is 0.319 e. The molecule has 0 aliphatic carbocycles. The van der Waals surface area contributed by atoms with Crippen LogP contribution in [-0.2, 0) is 0 Å². The number of benzene rings is 1. The number of likely N-dealkylation sites (tertiary alicyclic amines) is 1. The van der Waals surface area contributed by atoms with E-state index in [1.165, 1.54) is 6.42 Å². The van der Waals surface area contributed by atoms with Crippen molar-refractivity contribution in [3.63, 3.8) is 0 Å². The van der Waals surface area contributed by atoms with Crippen molar-refractivity contribution in [2.75, 3.05) is 25.0 Å². The molecule has 0 radical (unpaired) electrons. The van der Waals surface area contributed by atoms with Crippen LogP contribution in [-0.4, -0.2) is 48.6 Å². The number of urea groups is 1. The second-order valence-electron chi connectivity index (χ2n) is 7.63. The van der Waals surface area contributed by atoms with Gasteiger partial charge in [-0.3, -0.25) is 15.6 Å². The lowest BCUT2D eigenvalue weighted by Crippen LogP contribution is -2.35. The number of hydrogen-bond acceptors (Lipinski definition) is 4. The van der Waals surface area contributed by atoms with E-state index in [1.54, 1.807) is 24.3 Å². The maximum absolute atomic E-state index is 12.5. The minimum atomic E-state index is -0.218.